The Balaban J connectivity index is 2.49. The van der Waals surface area contributed by atoms with E-state index in [4.69, 9.17) is 0 Å². The Morgan fingerprint density at radius 2 is 2.12 bits per heavy atom. The zero-order valence-corrected chi connectivity index (χ0v) is 10.9. The van der Waals surface area contributed by atoms with Crippen molar-refractivity contribution in [2.75, 3.05) is 6.54 Å². The molecule has 1 unspecified atom stereocenters. The fourth-order valence-electron chi connectivity index (χ4n) is 1.73. The zero-order chi connectivity index (χ0) is 12.0. The van der Waals surface area contributed by atoms with Gasteiger partial charge in [0.25, 0.3) is 0 Å². The highest BCUT2D eigenvalue weighted by molar-refractivity contribution is 4.87. The summed E-state index contributed by atoms with van der Waals surface area (Å²) in [5.41, 5.74) is 0. The van der Waals surface area contributed by atoms with Gasteiger partial charge in [-0.25, -0.2) is 4.98 Å². The lowest BCUT2D eigenvalue weighted by molar-refractivity contribution is 0.419. The summed E-state index contributed by atoms with van der Waals surface area (Å²) in [5.74, 6) is 1.76. The van der Waals surface area contributed by atoms with Crippen molar-refractivity contribution >= 4 is 0 Å². The Morgan fingerprint density at radius 3 is 2.69 bits per heavy atom. The van der Waals surface area contributed by atoms with Gasteiger partial charge in [-0.1, -0.05) is 27.2 Å². The van der Waals surface area contributed by atoms with Crippen LogP contribution >= 0.6 is 0 Å². The molecular formula is C12H24N4. The van der Waals surface area contributed by atoms with E-state index in [2.05, 4.69) is 43.1 Å². The second-order valence-corrected chi connectivity index (χ2v) is 4.53. The average molecular weight is 224 g/mol. The first-order valence-electron chi connectivity index (χ1n) is 6.27. The summed E-state index contributed by atoms with van der Waals surface area (Å²) in [4.78, 5) is 4.33. The molecule has 0 saturated carbocycles. The SMILES string of the molecule is CCC(CNC(C)C)Cc1ncnn1CC. The smallest absolute Gasteiger partial charge is 0.138 e. The van der Waals surface area contributed by atoms with Gasteiger partial charge in [0.05, 0.1) is 0 Å². The predicted octanol–water partition coefficient (Wildman–Crippen LogP) is 1.86. The minimum Gasteiger partial charge on any atom is -0.314 e. The molecule has 0 saturated heterocycles. The van der Waals surface area contributed by atoms with Crippen molar-refractivity contribution in [3.63, 3.8) is 0 Å². The summed E-state index contributed by atoms with van der Waals surface area (Å²) < 4.78 is 1.98. The average Bonchev–Trinajstić information content (AvgIpc) is 2.70. The molecule has 92 valence electrons. The first-order chi connectivity index (χ1) is 7.67. The molecule has 0 aliphatic heterocycles. The van der Waals surface area contributed by atoms with Gasteiger partial charge in [0.2, 0.25) is 0 Å². The van der Waals surface area contributed by atoms with Crippen molar-refractivity contribution in [2.45, 2.75) is 53.1 Å². The highest BCUT2D eigenvalue weighted by Gasteiger charge is 2.12. The van der Waals surface area contributed by atoms with Crippen LogP contribution in [0.3, 0.4) is 0 Å². The molecule has 0 aliphatic carbocycles. The Hall–Kier alpha value is -0.900. The van der Waals surface area contributed by atoms with Gasteiger partial charge in [-0.05, 0) is 19.4 Å². The minimum absolute atomic E-state index is 0.554. The van der Waals surface area contributed by atoms with E-state index in [0.717, 1.165) is 25.3 Å². The molecule has 0 amide bonds. The first kappa shape index (κ1) is 13.2. The molecule has 1 atom stereocenters. The largest absolute Gasteiger partial charge is 0.314 e. The Bertz CT molecular complexity index is 293. The molecule has 0 bridgehead atoms. The molecule has 0 fully saturated rings. The van der Waals surface area contributed by atoms with Crippen LogP contribution in [-0.2, 0) is 13.0 Å². The van der Waals surface area contributed by atoms with E-state index in [1.54, 1.807) is 6.33 Å². The van der Waals surface area contributed by atoms with E-state index in [-0.39, 0.29) is 0 Å². The number of hydrogen-bond donors (Lipinski definition) is 1. The number of nitrogens with one attached hydrogen (secondary N) is 1. The maximum absolute atomic E-state index is 4.33. The van der Waals surface area contributed by atoms with Crippen molar-refractivity contribution in [3.05, 3.63) is 12.2 Å². The summed E-state index contributed by atoms with van der Waals surface area (Å²) >= 11 is 0. The standard InChI is InChI=1S/C12H24N4/c1-5-11(8-13-10(3)4)7-12-14-9-15-16(12)6-2/h9-11,13H,5-8H2,1-4H3. The molecule has 0 radical (unpaired) electrons. The predicted molar refractivity (Wildman–Crippen MR) is 66.3 cm³/mol. The van der Waals surface area contributed by atoms with Crippen molar-refractivity contribution in [2.24, 2.45) is 5.92 Å². The van der Waals surface area contributed by atoms with Crippen molar-refractivity contribution < 1.29 is 0 Å². The van der Waals surface area contributed by atoms with E-state index in [1.165, 1.54) is 6.42 Å². The van der Waals surface area contributed by atoms with Gasteiger partial charge in [0, 0.05) is 19.0 Å². The highest BCUT2D eigenvalue weighted by atomic mass is 15.3. The Labute approximate surface area is 98.5 Å². The number of aryl methyl sites for hydroxylation is 1. The summed E-state index contributed by atoms with van der Waals surface area (Å²) in [7, 11) is 0. The van der Waals surface area contributed by atoms with E-state index >= 15 is 0 Å². The Morgan fingerprint density at radius 1 is 1.38 bits per heavy atom. The van der Waals surface area contributed by atoms with Gasteiger partial charge in [-0.3, -0.25) is 4.68 Å². The lowest BCUT2D eigenvalue weighted by atomic mass is 10.0. The van der Waals surface area contributed by atoms with Crippen LogP contribution in [0.1, 0.15) is 39.9 Å². The van der Waals surface area contributed by atoms with Gasteiger partial charge < -0.3 is 5.32 Å². The van der Waals surface area contributed by atoms with Crippen LogP contribution in [-0.4, -0.2) is 27.4 Å². The fourth-order valence-corrected chi connectivity index (χ4v) is 1.73. The monoisotopic (exact) mass is 224 g/mol. The summed E-state index contributed by atoms with van der Waals surface area (Å²) in [6, 6.07) is 0.554. The summed E-state index contributed by atoms with van der Waals surface area (Å²) in [6.45, 7) is 10.7. The van der Waals surface area contributed by atoms with Gasteiger partial charge in [-0.2, -0.15) is 5.10 Å². The first-order valence-corrected chi connectivity index (χ1v) is 6.27. The second kappa shape index (κ2) is 6.63. The zero-order valence-electron chi connectivity index (χ0n) is 10.9. The van der Waals surface area contributed by atoms with Gasteiger partial charge >= 0.3 is 0 Å². The summed E-state index contributed by atoms with van der Waals surface area (Å²) in [6.07, 6.45) is 3.85. The quantitative estimate of drug-likeness (QED) is 0.769. The topological polar surface area (TPSA) is 42.7 Å². The van der Waals surface area contributed by atoms with Gasteiger partial charge in [-0.15, -0.1) is 0 Å². The van der Waals surface area contributed by atoms with Crippen molar-refractivity contribution in [3.8, 4) is 0 Å². The van der Waals surface area contributed by atoms with Crippen molar-refractivity contribution in [1.82, 2.24) is 20.1 Å². The molecule has 0 spiro atoms. The normalized spacial score (nSPS) is 13.3. The molecular weight excluding hydrogens is 200 g/mol. The number of hydrogen-bond acceptors (Lipinski definition) is 3. The van der Waals surface area contributed by atoms with Crippen LogP contribution in [0, 0.1) is 5.92 Å². The number of nitrogens with zero attached hydrogens (tertiary/aromatic N) is 3. The molecule has 1 N–H and O–H groups in total. The molecule has 16 heavy (non-hydrogen) atoms. The third-order valence-electron chi connectivity index (χ3n) is 2.86. The van der Waals surface area contributed by atoms with E-state index in [9.17, 15) is 0 Å². The molecule has 1 rings (SSSR count). The van der Waals surface area contributed by atoms with Crippen LogP contribution in [0.5, 0.6) is 0 Å². The van der Waals surface area contributed by atoms with Crippen molar-refractivity contribution in [1.29, 1.82) is 0 Å². The minimum atomic E-state index is 0.554. The lowest BCUT2D eigenvalue weighted by Crippen LogP contribution is -2.30. The molecule has 4 nitrogen and oxygen atoms in total. The second-order valence-electron chi connectivity index (χ2n) is 4.53. The molecule has 0 aliphatic rings. The maximum Gasteiger partial charge on any atom is 0.138 e. The van der Waals surface area contributed by atoms with Crippen LogP contribution in [0.2, 0.25) is 0 Å². The Kier molecular flexibility index (Phi) is 5.46. The fraction of sp³-hybridized carbons (Fsp3) is 0.833. The van der Waals surface area contributed by atoms with Gasteiger partial charge in [0.1, 0.15) is 12.2 Å². The van der Waals surface area contributed by atoms with Crippen LogP contribution in [0.4, 0.5) is 0 Å². The summed E-state index contributed by atoms with van der Waals surface area (Å²) in [5, 5.41) is 7.69. The maximum atomic E-state index is 4.33. The highest BCUT2D eigenvalue weighted by Crippen LogP contribution is 2.09. The van der Waals surface area contributed by atoms with E-state index in [1.807, 2.05) is 4.68 Å². The molecule has 1 heterocycles. The van der Waals surface area contributed by atoms with E-state index in [0.29, 0.717) is 12.0 Å². The van der Waals surface area contributed by atoms with Crippen LogP contribution < -0.4 is 5.32 Å². The van der Waals surface area contributed by atoms with Crippen LogP contribution in [0.15, 0.2) is 6.33 Å². The third-order valence-corrected chi connectivity index (χ3v) is 2.86. The molecule has 4 heteroatoms. The van der Waals surface area contributed by atoms with E-state index < -0.39 is 0 Å². The third kappa shape index (κ3) is 3.93. The number of rotatable bonds is 7. The van der Waals surface area contributed by atoms with Gasteiger partial charge in [0.15, 0.2) is 0 Å². The molecule has 1 aromatic heterocycles. The molecule has 1 aromatic rings. The van der Waals surface area contributed by atoms with Crippen LogP contribution in [0.25, 0.3) is 0 Å². The number of aromatic nitrogens is 3. The molecule has 0 aromatic carbocycles. The lowest BCUT2D eigenvalue weighted by Gasteiger charge is -2.17.